The summed E-state index contributed by atoms with van der Waals surface area (Å²) < 4.78 is 33.1. The minimum absolute atomic E-state index is 0.0156. The molecule has 2 aliphatic heterocycles. The molecule has 2 aliphatic carbocycles. The standard InChI is InChI=1S/C39H48N4O14/c1-24(44)56-20-26-18-38(8-9-38)22-40(26)36(46)28-14-32(52-3)34(16-30(28)42(48)49)54-12-6-5-7-13-55-35-17-31(43(50)51)29(15-33(35)53-4)37(47)41-23-39(10-11-39)19-27(41)21-57-25(2)45/h14-17,26-27H,5-13,18-23H2,1-4H3/t26-,27-/m0/s1. The average molecular weight is 797 g/mol. The number of hydrogen-bond donors (Lipinski definition) is 0. The van der Waals surface area contributed by atoms with E-state index >= 15 is 0 Å². The molecule has 18 nitrogen and oxygen atoms in total. The number of esters is 2. The van der Waals surface area contributed by atoms with E-state index in [1.54, 1.807) is 9.80 Å². The summed E-state index contributed by atoms with van der Waals surface area (Å²) in [5.41, 5.74) is -1.25. The van der Waals surface area contributed by atoms with Crippen molar-refractivity contribution in [1.29, 1.82) is 0 Å². The van der Waals surface area contributed by atoms with Crippen LogP contribution in [0.25, 0.3) is 0 Å². The number of carbonyl (C=O) groups is 4. The number of rotatable bonds is 18. The maximum atomic E-state index is 13.8. The lowest BCUT2D eigenvalue weighted by atomic mass is 10.0. The van der Waals surface area contributed by atoms with Gasteiger partial charge in [-0.25, -0.2) is 0 Å². The molecule has 0 radical (unpaired) electrons. The molecule has 308 valence electrons. The van der Waals surface area contributed by atoms with Crippen molar-refractivity contribution in [3.63, 3.8) is 0 Å². The van der Waals surface area contributed by atoms with Gasteiger partial charge in [-0.3, -0.25) is 39.4 Å². The molecular formula is C39H48N4O14. The zero-order valence-electron chi connectivity index (χ0n) is 32.6. The Morgan fingerprint density at radius 1 is 0.649 bits per heavy atom. The zero-order valence-corrected chi connectivity index (χ0v) is 32.6. The van der Waals surface area contributed by atoms with Crippen LogP contribution in [0.4, 0.5) is 11.4 Å². The Morgan fingerprint density at radius 3 is 1.35 bits per heavy atom. The molecule has 0 N–H and O–H groups in total. The van der Waals surface area contributed by atoms with Gasteiger partial charge in [0.1, 0.15) is 24.3 Å². The monoisotopic (exact) mass is 796 g/mol. The Bertz CT molecular complexity index is 1790. The van der Waals surface area contributed by atoms with Crippen molar-refractivity contribution in [3.8, 4) is 23.0 Å². The van der Waals surface area contributed by atoms with E-state index in [0.717, 1.165) is 25.7 Å². The molecule has 0 unspecified atom stereocenters. The predicted octanol–water partition coefficient (Wildman–Crippen LogP) is 5.26. The van der Waals surface area contributed by atoms with Gasteiger partial charge in [0.25, 0.3) is 23.2 Å². The van der Waals surface area contributed by atoms with Crippen LogP contribution in [0.3, 0.4) is 0 Å². The fraction of sp³-hybridized carbons (Fsp3) is 0.590. The number of amides is 2. The SMILES string of the molecule is COc1cc(C(=O)N2CC3(CC3)C[C@H]2COC(C)=O)c([N+](=O)[O-])cc1OCCCCCOc1cc([N+](=O)[O-])c(C(=O)N2CC3(CC3)C[C@H]2COC(C)=O)cc1OC. The normalized spacial score (nSPS) is 19.6. The highest BCUT2D eigenvalue weighted by Crippen LogP contribution is 2.56. The number of likely N-dealkylation sites (tertiary alicyclic amines) is 2. The van der Waals surface area contributed by atoms with Crippen LogP contribution in [0.15, 0.2) is 24.3 Å². The van der Waals surface area contributed by atoms with E-state index in [-0.39, 0.29) is 71.4 Å². The number of carbonyl (C=O) groups excluding carboxylic acids is 4. The third-order valence-corrected chi connectivity index (χ3v) is 11.3. The third kappa shape index (κ3) is 9.31. The van der Waals surface area contributed by atoms with Gasteiger partial charge in [-0.15, -0.1) is 0 Å². The summed E-state index contributed by atoms with van der Waals surface area (Å²) in [5, 5.41) is 24.3. The molecule has 2 heterocycles. The molecule has 0 bridgehead atoms. The first-order valence-electron chi connectivity index (χ1n) is 19.1. The van der Waals surface area contributed by atoms with E-state index in [0.29, 0.717) is 45.2 Å². The van der Waals surface area contributed by atoms with Gasteiger partial charge in [-0.05, 0) is 68.6 Å². The number of ether oxygens (including phenoxy) is 6. The molecule has 6 rings (SSSR count). The summed E-state index contributed by atoms with van der Waals surface area (Å²) >= 11 is 0. The molecule has 2 spiro atoms. The fourth-order valence-corrected chi connectivity index (χ4v) is 7.95. The van der Waals surface area contributed by atoms with Gasteiger partial charge in [-0.1, -0.05) is 0 Å². The van der Waals surface area contributed by atoms with Crippen LogP contribution < -0.4 is 18.9 Å². The maximum Gasteiger partial charge on any atom is 0.302 e. The second-order valence-corrected chi connectivity index (χ2v) is 15.5. The highest BCUT2D eigenvalue weighted by Gasteiger charge is 2.55. The lowest BCUT2D eigenvalue weighted by molar-refractivity contribution is -0.385. The smallest absolute Gasteiger partial charge is 0.302 e. The topological polar surface area (TPSA) is 216 Å². The Balaban J connectivity index is 1.04. The number of methoxy groups -OCH3 is 2. The van der Waals surface area contributed by atoms with Crippen LogP contribution in [-0.4, -0.2) is 109 Å². The summed E-state index contributed by atoms with van der Waals surface area (Å²) in [6, 6.07) is 4.20. The predicted molar refractivity (Wildman–Crippen MR) is 200 cm³/mol. The van der Waals surface area contributed by atoms with Gasteiger partial charge >= 0.3 is 11.9 Å². The number of nitro groups is 2. The Morgan fingerprint density at radius 2 is 1.04 bits per heavy atom. The first-order valence-corrected chi connectivity index (χ1v) is 19.1. The van der Waals surface area contributed by atoms with Crippen molar-refractivity contribution in [1.82, 2.24) is 9.80 Å². The molecule has 0 aromatic heterocycles. The first kappa shape index (κ1) is 41.0. The number of hydrogen-bond acceptors (Lipinski definition) is 14. The third-order valence-electron chi connectivity index (χ3n) is 11.3. The summed E-state index contributed by atoms with van der Waals surface area (Å²) in [4.78, 5) is 76.7. The van der Waals surface area contributed by atoms with E-state index in [1.807, 2.05) is 0 Å². The van der Waals surface area contributed by atoms with Crippen molar-refractivity contribution < 1.29 is 57.4 Å². The molecule has 2 saturated carbocycles. The molecule has 2 aromatic rings. The van der Waals surface area contributed by atoms with Crippen molar-refractivity contribution in [3.05, 3.63) is 55.6 Å². The molecule has 18 heteroatoms. The Labute approximate surface area is 328 Å². The van der Waals surface area contributed by atoms with E-state index in [1.165, 1.54) is 52.3 Å². The van der Waals surface area contributed by atoms with Crippen molar-refractivity contribution in [2.24, 2.45) is 10.8 Å². The minimum atomic E-state index is -0.639. The highest BCUT2D eigenvalue weighted by molar-refractivity contribution is 6.00. The molecule has 57 heavy (non-hydrogen) atoms. The van der Waals surface area contributed by atoms with Crippen molar-refractivity contribution >= 4 is 35.1 Å². The van der Waals surface area contributed by atoms with Crippen LogP contribution >= 0.6 is 0 Å². The van der Waals surface area contributed by atoms with Crippen LogP contribution in [0.1, 0.15) is 92.4 Å². The second-order valence-electron chi connectivity index (χ2n) is 15.5. The maximum absolute atomic E-state index is 13.8. The Kier molecular flexibility index (Phi) is 12.1. The number of unbranched alkanes of at least 4 members (excludes halogenated alkanes) is 2. The lowest BCUT2D eigenvalue weighted by Crippen LogP contribution is -2.39. The molecule has 4 aliphatic rings. The van der Waals surface area contributed by atoms with Crippen LogP contribution in [0, 0.1) is 31.1 Å². The van der Waals surface area contributed by atoms with Gasteiger partial charge < -0.3 is 38.2 Å². The van der Waals surface area contributed by atoms with E-state index in [4.69, 9.17) is 28.4 Å². The molecule has 4 fully saturated rings. The van der Waals surface area contributed by atoms with Gasteiger partial charge in [0.15, 0.2) is 23.0 Å². The fourth-order valence-electron chi connectivity index (χ4n) is 7.95. The van der Waals surface area contributed by atoms with Crippen molar-refractivity contribution in [2.45, 2.75) is 83.7 Å². The summed E-state index contributed by atoms with van der Waals surface area (Å²) in [5.74, 6) is -1.53. The zero-order chi connectivity index (χ0) is 41.1. The summed E-state index contributed by atoms with van der Waals surface area (Å²) in [6.07, 6.45) is 6.66. The Hall–Kier alpha value is -5.68. The average Bonchev–Trinajstić information content (AvgIpc) is 4.05. The first-order chi connectivity index (χ1) is 27.2. The summed E-state index contributed by atoms with van der Waals surface area (Å²) in [6.45, 7) is 3.77. The largest absolute Gasteiger partial charge is 0.493 e. The van der Waals surface area contributed by atoms with Gasteiger partial charge in [0, 0.05) is 39.1 Å². The highest BCUT2D eigenvalue weighted by atomic mass is 16.6. The molecular weight excluding hydrogens is 748 g/mol. The molecule has 2 atom stereocenters. The number of nitro benzene ring substituents is 2. The second kappa shape index (κ2) is 16.8. The van der Waals surface area contributed by atoms with Crippen LogP contribution in [0.2, 0.25) is 0 Å². The minimum Gasteiger partial charge on any atom is -0.493 e. The van der Waals surface area contributed by atoms with E-state index in [2.05, 4.69) is 0 Å². The van der Waals surface area contributed by atoms with E-state index < -0.39 is 57.1 Å². The quantitative estimate of drug-likeness (QED) is 0.0814. The van der Waals surface area contributed by atoms with Gasteiger partial charge in [0.05, 0.1) is 61.5 Å². The van der Waals surface area contributed by atoms with E-state index in [9.17, 15) is 39.4 Å². The van der Waals surface area contributed by atoms with Crippen LogP contribution in [-0.2, 0) is 19.1 Å². The molecule has 2 amide bonds. The number of benzene rings is 2. The van der Waals surface area contributed by atoms with Crippen LogP contribution in [0.5, 0.6) is 23.0 Å². The van der Waals surface area contributed by atoms with Gasteiger partial charge in [-0.2, -0.15) is 0 Å². The van der Waals surface area contributed by atoms with Gasteiger partial charge in [0.2, 0.25) is 0 Å². The lowest BCUT2D eigenvalue weighted by Gasteiger charge is -2.24. The summed E-state index contributed by atoms with van der Waals surface area (Å²) in [7, 11) is 2.74. The van der Waals surface area contributed by atoms with Crippen molar-refractivity contribution in [2.75, 3.05) is 53.7 Å². The number of nitrogens with zero attached hydrogens (tertiary/aromatic N) is 4. The molecule has 2 aromatic carbocycles. The molecule has 2 saturated heterocycles.